The Hall–Kier alpha value is -2.42. The highest BCUT2D eigenvalue weighted by Crippen LogP contribution is 2.46. The molecule has 2 aliphatic rings. The zero-order valence-electron chi connectivity index (χ0n) is 21.6. The second-order valence-corrected chi connectivity index (χ2v) is 11.9. The summed E-state index contributed by atoms with van der Waals surface area (Å²) in [5.41, 5.74) is 1.63. The molecule has 0 spiro atoms. The predicted octanol–water partition coefficient (Wildman–Crippen LogP) is 6.44. The Morgan fingerprint density at radius 3 is 2.53 bits per heavy atom. The van der Waals surface area contributed by atoms with Crippen molar-refractivity contribution in [2.45, 2.75) is 61.0 Å². The van der Waals surface area contributed by atoms with Gasteiger partial charge in [0.2, 0.25) is 0 Å². The van der Waals surface area contributed by atoms with E-state index in [0.29, 0.717) is 45.1 Å². The van der Waals surface area contributed by atoms with Gasteiger partial charge in [-0.25, -0.2) is 4.98 Å². The molecule has 0 radical (unpaired) electrons. The molecule has 0 bridgehead atoms. The highest BCUT2D eigenvalue weighted by Gasteiger charge is 2.52. The van der Waals surface area contributed by atoms with Crippen molar-refractivity contribution in [2.75, 3.05) is 14.2 Å². The first-order valence-corrected chi connectivity index (χ1v) is 14.3. The number of carbonyl (C=O) groups excluding carboxylic acids is 2. The lowest BCUT2D eigenvalue weighted by atomic mass is 9.76. The quantitative estimate of drug-likeness (QED) is 0.225. The SMILES string of the molecule is COc1cc(OC)c(CCC2(C3CCCC3)CC(=O)C(Sc3nc4cc(Cl)ccc4n3C)C(=O)O2)cc1Cl. The van der Waals surface area contributed by atoms with Crippen molar-refractivity contribution in [3.05, 3.63) is 45.9 Å². The van der Waals surface area contributed by atoms with Crippen molar-refractivity contribution in [3.8, 4) is 11.5 Å². The Labute approximate surface area is 236 Å². The van der Waals surface area contributed by atoms with Gasteiger partial charge in [-0.1, -0.05) is 47.8 Å². The highest BCUT2D eigenvalue weighted by atomic mass is 35.5. The van der Waals surface area contributed by atoms with Crippen molar-refractivity contribution >= 4 is 57.7 Å². The zero-order valence-corrected chi connectivity index (χ0v) is 23.9. The van der Waals surface area contributed by atoms with Crippen molar-refractivity contribution < 1.29 is 23.8 Å². The lowest BCUT2D eigenvalue weighted by Crippen LogP contribution is -2.53. The van der Waals surface area contributed by atoms with Crippen LogP contribution in [-0.4, -0.2) is 46.4 Å². The maximum absolute atomic E-state index is 13.6. The average molecular weight is 578 g/mol. The summed E-state index contributed by atoms with van der Waals surface area (Å²) < 4.78 is 19.0. The van der Waals surface area contributed by atoms with Gasteiger partial charge in [0, 0.05) is 24.6 Å². The molecule has 1 aliphatic carbocycles. The number of ether oxygens (including phenoxy) is 3. The van der Waals surface area contributed by atoms with Crippen LogP contribution in [0.2, 0.25) is 10.0 Å². The third-order valence-electron chi connectivity index (χ3n) is 7.78. The van der Waals surface area contributed by atoms with Crippen LogP contribution in [0.3, 0.4) is 0 Å². The van der Waals surface area contributed by atoms with Gasteiger partial charge in [-0.3, -0.25) is 9.59 Å². The number of ketones is 1. The summed E-state index contributed by atoms with van der Waals surface area (Å²) in [6.45, 7) is 0. The normalized spacial score (nSPS) is 22.2. The van der Waals surface area contributed by atoms with Gasteiger partial charge >= 0.3 is 5.97 Å². The number of hydrogen-bond acceptors (Lipinski definition) is 7. The number of aryl methyl sites for hydroxylation is 2. The Morgan fingerprint density at radius 2 is 1.84 bits per heavy atom. The van der Waals surface area contributed by atoms with Crippen LogP contribution in [0.25, 0.3) is 11.0 Å². The first-order valence-electron chi connectivity index (χ1n) is 12.7. The van der Waals surface area contributed by atoms with Crippen LogP contribution < -0.4 is 9.47 Å². The first kappa shape index (κ1) is 27.2. The van der Waals surface area contributed by atoms with E-state index in [0.717, 1.165) is 48.5 Å². The van der Waals surface area contributed by atoms with Crippen LogP contribution in [-0.2, 0) is 27.8 Å². The number of methoxy groups -OCH3 is 2. The molecule has 0 amide bonds. The largest absolute Gasteiger partial charge is 0.496 e. The molecule has 2 unspecified atom stereocenters. The number of fused-ring (bicyclic) bond motifs is 1. The number of imidazole rings is 1. The van der Waals surface area contributed by atoms with Gasteiger partial charge < -0.3 is 18.8 Å². The number of cyclic esters (lactones) is 1. The number of rotatable bonds is 8. The molecular weight excluding hydrogens is 547 g/mol. The maximum atomic E-state index is 13.6. The average Bonchev–Trinajstić information content (AvgIpc) is 3.54. The van der Waals surface area contributed by atoms with E-state index in [1.807, 2.05) is 23.7 Å². The van der Waals surface area contributed by atoms with E-state index in [1.54, 1.807) is 32.4 Å². The van der Waals surface area contributed by atoms with Gasteiger partial charge in [-0.15, -0.1) is 0 Å². The Balaban J connectivity index is 1.39. The molecule has 7 nitrogen and oxygen atoms in total. The van der Waals surface area contributed by atoms with E-state index in [2.05, 4.69) is 4.98 Å². The van der Waals surface area contributed by atoms with Crippen molar-refractivity contribution in [2.24, 2.45) is 13.0 Å². The summed E-state index contributed by atoms with van der Waals surface area (Å²) in [5.74, 6) is 0.697. The zero-order chi connectivity index (χ0) is 27.0. The molecule has 2 fully saturated rings. The fraction of sp³-hybridized carbons (Fsp3) is 0.464. The number of hydrogen-bond donors (Lipinski definition) is 0. The van der Waals surface area contributed by atoms with Gasteiger partial charge in [-0.2, -0.15) is 0 Å². The number of Topliss-reactive ketones (excluding diaryl/α,β-unsaturated/α-hetero) is 1. The Bertz CT molecular complexity index is 1370. The number of thioether (sulfide) groups is 1. The Morgan fingerprint density at radius 1 is 1.11 bits per heavy atom. The first-order chi connectivity index (χ1) is 18.2. The van der Waals surface area contributed by atoms with E-state index in [4.69, 9.17) is 37.4 Å². The van der Waals surface area contributed by atoms with Gasteiger partial charge in [-0.05, 0) is 61.4 Å². The summed E-state index contributed by atoms with van der Waals surface area (Å²) in [7, 11) is 5.01. The maximum Gasteiger partial charge on any atom is 0.327 e. The molecule has 2 aromatic carbocycles. The van der Waals surface area contributed by atoms with Gasteiger partial charge in [0.25, 0.3) is 0 Å². The highest BCUT2D eigenvalue weighted by molar-refractivity contribution is 8.01. The summed E-state index contributed by atoms with van der Waals surface area (Å²) in [6.07, 6.45) is 5.24. The molecule has 5 rings (SSSR count). The number of aromatic nitrogens is 2. The topological polar surface area (TPSA) is 79.7 Å². The van der Waals surface area contributed by atoms with Crippen molar-refractivity contribution in [3.63, 3.8) is 0 Å². The van der Waals surface area contributed by atoms with Crippen LogP contribution in [0.4, 0.5) is 0 Å². The lowest BCUT2D eigenvalue weighted by molar-refractivity contribution is -0.177. The minimum absolute atomic E-state index is 0.122. The second-order valence-electron chi connectivity index (χ2n) is 9.99. The minimum Gasteiger partial charge on any atom is -0.496 e. The number of esters is 1. The number of benzene rings is 2. The molecule has 0 N–H and O–H groups in total. The van der Waals surface area contributed by atoms with Gasteiger partial charge in [0.15, 0.2) is 16.2 Å². The van der Waals surface area contributed by atoms with E-state index < -0.39 is 16.8 Å². The number of halogens is 2. The molecule has 2 heterocycles. The van der Waals surface area contributed by atoms with E-state index in [1.165, 1.54) is 0 Å². The van der Waals surface area contributed by atoms with Crippen LogP contribution in [0.15, 0.2) is 35.5 Å². The minimum atomic E-state index is -0.958. The Kier molecular flexibility index (Phi) is 7.85. The van der Waals surface area contributed by atoms with Crippen molar-refractivity contribution in [1.82, 2.24) is 9.55 Å². The predicted molar refractivity (Wildman–Crippen MR) is 149 cm³/mol. The van der Waals surface area contributed by atoms with Crippen LogP contribution in [0.1, 0.15) is 44.1 Å². The van der Waals surface area contributed by atoms with Crippen LogP contribution >= 0.6 is 35.0 Å². The van der Waals surface area contributed by atoms with E-state index in [9.17, 15) is 9.59 Å². The molecule has 2 atom stereocenters. The summed E-state index contributed by atoms with van der Waals surface area (Å²) in [5, 5.41) is 0.676. The third-order valence-corrected chi connectivity index (χ3v) is 9.58. The molecular formula is C28H30Cl2N2O5S. The fourth-order valence-corrected chi connectivity index (χ4v) is 7.18. The summed E-state index contributed by atoms with van der Waals surface area (Å²) in [4.78, 5) is 31.7. The van der Waals surface area contributed by atoms with Gasteiger partial charge in [0.1, 0.15) is 17.1 Å². The molecule has 1 aliphatic heterocycles. The fourth-order valence-electron chi connectivity index (χ4n) is 5.77. The smallest absolute Gasteiger partial charge is 0.327 e. The number of carbonyl (C=O) groups is 2. The van der Waals surface area contributed by atoms with E-state index >= 15 is 0 Å². The van der Waals surface area contributed by atoms with Crippen molar-refractivity contribution in [1.29, 1.82) is 0 Å². The lowest BCUT2D eigenvalue weighted by Gasteiger charge is -2.42. The monoisotopic (exact) mass is 576 g/mol. The molecule has 1 saturated carbocycles. The summed E-state index contributed by atoms with van der Waals surface area (Å²) >= 11 is 13.7. The summed E-state index contributed by atoms with van der Waals surface area (Å²) in [6, 6.07) is 9.02. The van der Waals surface area contributed by atoms with Gasteiger partial charge in [0.05, 0.1) is 30.3 Å². The van der Waals surface area contributed by atoms with Crippen LogP contribution in [0, 0.1) is 5.92 Å². The van der Waals surface area contributed by atoms with Crippen LogP contribution in [0.5, 0.6) is 11.5 Å². The molecule has 202 valence electrons. The molecule has 38 heavy (non-hydrogen) atoms. The molecule has 10 heteroatoms. The van der Waals surface area contributed by atoms with E-state index in [-0.39, 0.29) is 18.1 Å². The number of nitrogens with zero attached hydrogens (tertiary/aromatic N) is 2. The molecule has 3 aromatic rings. The second kappa shape index (κ2) is 11.0. The third kappa shape index (κ3) is 5.10. The standard InChI is InChI=1S/C28H30Cl2N2O5S/c1-32-21-9-8-18(29)13-20(21)31-27(32)38-25-22(33)15-28(37-26(25)34,17-6-4-5-7-17)11-10-16-12-19(30)24(36-3)14-23(16)35-2/h8-9,12-14,17,25H,4-7,10-11,15H2,1-3H3. The molecule has 1 saturated heterocycles. The molecule has 1 aromatic heterocycles.